The Bertz CT molecular complexity index is 863. The third-order valence-electron chi connectivity index (χ3n) is 3.85. The Hall–Kier alpha value is -1.96. The predicted molar refractivity (Wildman–Crippen MR) is 101 cm³/mol. The standard InChI is InChI=1S/C18H25N3O3S/c1-12(2)10-14(11-19)21-25(23,24)18-9-8-17(20-13(3)22)15-6-4-5-7-16(15)18/h4-9,12,14,21H,10-11,19H2,1-3H3,(H,20,22). The summed E-state index contributed by atoms with van der Waals surface area (Å²) < 4.78 is 28.5. The van der Waals surface area contributed by atoms with Crippen molar-refractivity contribution in [3.05, 3.63) is 36.4 Å². The molecule has 2 aromatic rings. The van der Waals surface area contributed by atoms with Crippen LogP contribution >= 0.6 is 0 Å². The topological polar surface area (TPSA) is 101 Å². The number of rotatable bonds is 7. The van der Waals surface area contributed by atoms with Gasteiger partial charge in [0.05, 0.1) is 4.90 Å². The van der Waals surface area contributed by atoms with Gasteiger partial charge < -0.3 is 11.1 Å². The second-order valence-corrected chi connectivity index (χ2v) is 8.20. The molecule has 2 aromatic carbocycles. The van der Waals surface area contributed by atoms with Crippen molar-refractivity contribution in [2.24, 2.45) is 11.7 Å². The lowest BCUT2D eigenvalue weighted by Gasteiger charge is -2.20. The Morgan fingerprint density at radius 1 is 1.12 bits per heavy atom. The molecule has 2 rings (SSSR count). The number of fused-ring (bicyclic) bond motifs is 1. The zero-order valence-corrected chi connectivity index (χ0v) is 15.6. The summed E-state index contributed by atoms with van der Waals surface area (Å²) in [5.74, 6) is 0.120. The minimum atomic E-state index is -3.73. The first-order chi connectivity index (χ1) is 11.7. The van der Waals surface area contributed by atoms with E-state index in [0.29, 0.717) is 28.8 Å². The third kappa shape index (κ3) is 4.78. The number of sulfonamides is 1. The van der Waals surface area contributed by atoms with E-state index < -0.39 is 10.0 Å². The van der Waals surface area contributed by atoms with E-state index in [0.717, 1.165) is 0 Å². The Labute approximate surface area is 148 Å². The Morgan fingerprint density at radius 3 is 2.32 bits per heavy atom. The van der Waals surface area contributed by atoms with Gasteiger partial charge in [-0.25, -0.2) is 13.1 Å². The smallest absolute Gasteiger partial charge is 0.241 e. The summed E-state index contributed by atoms with van der Waals surface area (Å²) in [6.07, 6.45) is 0.664. The lowest BCUT2D eigenvalue weighted by molar-refractivity contribution is -0.114. The van der Waals surface area contributed by atoms with Gasteiger partial charge in [0.25, 0.3) is 0 Å². The highest BCUT2D eigenvalue weighted by atomic mass is 32.2. The monoisotopic (exact) mass is 363 g/mol. The summed E-state index contributed by atoms with van der Waals surface area (Å²) >= 11 is 0. The molecule has 1 unspecified atom stereocenters. The molecule has 1 amide bonds. The average Bonchev–Trinajstić information content (AvgIpc) is 2.53. The summed E-state index contributed by atoms with van der Waals surface area (Å²) in [6, 6.07) is 9.89. The van der Waals surface area contributed by atoms with Gasteiger partial charge in [-0.2, -0.15) is 0 Å². The van der Waals surface area contributed by atoms with Crippen molar-refractivity contribution < 1.29 is 13.2 Å². The van der Waals surface area contributed by atoms with Crippen LogP contribution in [0.1, 0.15) is 27.2 Å². The number of nitrogens with two attached hydrogens (primary N) is 1. The summed E-state index contributed by atoms with van der Waals surface area (Å²) in [5.41, 5.74) is 6.31. The molecule has 0 saturated heterocycles. The number of anilines is 1. The van der Waals surface area contributed by atoms with Crippen molar-refractivity contribution in [3.8, 4) is 0 Å². The highest BCUT2D eigenvalue weighted by Gasteiger charge is 2.22. The van der Waals surface area contributed by atoms with Crippen LogP contribution in [0.15, 0.2) is 41.3 Å². The van der Waals surface area contributed by atoms with Crippen molar-refractivity contribution in [1.82, 2.24) is 4.72 Å². The highest BCUT2D eigenvalue weighted by molar-refractivity contribution is 7.89. The van der Waals surface area contributed by atoms with Crippen molar-refractivity contribution in [3.63, 3.8) is 0 Å². The summed E-state index contributed by atoms with van der Waals surface area (Å²) in [4.78, 5) is 11.6. The van der Waals surface area contributed by atoms with Gasteiger partial charge >= 0.3 is 0 Å². The number of benzene rings is 2. The van der Waals surface area contributed by atoms with E-state index in [2.05, 4.69) is 10.0 Å². The molecule has 0 aliphatic heterocycles. The first kappa shape index (κ1) is 19.4. The van der Waals surface area contributed by atoms with Crippen LogP contribution in [0.25, 0.3) is 10.8 Å². The van der Waals surface area contributed by atoms with Crippen LogP contribution < -0.4 is 15.8 Å². The summed E-state index contributed by atoms with van der Waals surface area (Å²) in [7, 11) is -3.73. The first-order valence-corrected chi connectivity index (χ1v) is 9.74. The fourth-order valence-electron chi connectivity index (χ4n) is 2.85. The molecule has 136 valence electrons. The second kappa shape index (κ2) is 7.95. The van der Waals surface area contributed by atoms with E-state index in [9.17, 15) is 13.2 Å². The fraction of sp³-hybridized carbons (Fsp3) is 0.389. The number of nitrogens with one attached hydrogen (secondary N) is 2. The second-order valence-electron chi connectivity index (χ2n) is 6.52. The van der Waals surface area contributed by atoms with E-state index >= 15 is 0 Å². The predicted octanol–water partition coefficient (Wildman–Crippen LogP) is 2.45. The van der Waals surface area contributed by atoms with Crippen molar-refractivity contribution in [2.45, 2.75) is 38.1 Å². The maximum Gasteiger partial charge on any atom is 0.241 e. The van der Waals surface area contributed by atoms with E-state index in [1.165, 1.54) is 13.0 Å². The van der Waals surface area contributed by atoms with Crippen LogP contribution in [-0.2, 0) is 14.8 Å². The van der Waals surface area contributed by atoms with Crippen molar-refractivity contribution in [1.29, 1.82) is 0 Å². The molecule has 4 N–H and O–H groups in total. The van der Waals surface area contributed by atoms with Crippen LogP contribution in [0.4, 0.5) is 5.69 Å². The molecule has 0 bridgehead atoms. The van der Waals surface area contributed by atoms with E-state index in [1.807, 2.05) is 13.8 Å². The van der Waals surface area contributed by atoms with Crippen LogP contribution in [0.2, 0.25) is 0 Å². The number of carbonyl (C=O) groups excluding carboxylic acids is 1. The molecule has 0 spiro atoms. The Morgan fingerprint density at radius 2 is 1.76 bits per heavy atom. The van der Waals surface area contributed by atoms with E-state index in [-0.39, 0.29) is 23.4 Å². The molecular weight excluding hydrogens is 338 g/mol. The molecule has 1 atom stereocenters. The van der Waals surface area contributed by atoms with Gasteiger partial charge in [0.1, 0.15) is 0 Å². The van der Waals surface area contributed by atoms with Gasteiger partial charge in [-0.05, 0) is 24.5 Å². The molecular formula is C18H25N3O3S. The maximum atomic E-state index is 12.9. The average molecular weight is 363 g/mol. The van der Waals surface area contributed by atoms with Gasteiger partial charge in [-0.3, -0.25) is 4.79 Å². The molecule has 0 aliphatic carbocycles. The summed E-state index contributed by atoms with van der Waals surface area (Å²) in [6.45, 7) is 5.70. The van der Waals surface area contributed by atoms with Crippen LogP contribution in [0.3, 0.4) is 0 Å². The Kier molecular flexibility index (Phi) is 6.16. The lowest BCUT2D eigenvalue weighted by Crippen LogP contribution is -2.41. The molecule has 6 nitrogen and oxygen atoms in total. The quantitative estimate of drug-likeness (QED) is 0.703. The molecule has 0 fully saturated rings. The molecule has 0 saturated carbocycles. The van der Waals surface area contributed by atoms with Gasteiger partial charge in [0.15, 0.2) is 0 Å². The molecule has 0 heterocycles. The van der Waals surface area contributed by atoms with E-state index in [4.69, 9.17) is 5.73 Å². The van der Waals surface area contributed by atoms with Crippen molar-refractivity contribution >= 4 is 32.4 Å². The maximum absolute atomic E-state index is 12.9. The zero-order chi connectivity index (χ0) is 18.6. The zero-order valence-electron chi connectivity index (χ0n) is 14.7. The van der Waals surface area contributed by atoms with Gasteiger partial charge in [0.2, 0.25) is 15.9 Å². The normalized spacial score (nSPS) is 13.2. The molecule has 7 heteroatoms. The first-order valence-electron chi connectivity index (χ1n) is 8.26. The number of amides is 1. The largest absolute Gasteiger partial charge is 0.329 e. The third-order valence-corrected chi connectivity index (χ3v) is 5.43. The minimum absolute atomic E-state index is 0.180. The van der Waals surface area contributed by atoms with Crippen LogP contribution in [0, 0.1) is 5.92 Å². The number of hydrogen-bond donors (Lipinski definition) is 3. The molecule has 0 aromatic heterocycles. The summed E-state index contributed by atoms with van der Waals surface area (Å²) in [5, 5.41) is 3.96. The lowest BCUT2D eigenvalue weighted by atomic mass is 10.1. The number of carbonyl (C=O) groups is 1. The van der Waals surface area contributed by atoms with E-state index in [1.54, 1.807) is 30.3 Å². The van der Waals surface area contributed by atoms with Gasteiger partial charge in [0, 0.05) is 36.0 Å². The SMILES string of the molecule is CC(=O)Nc1ccc(S(=O)(=O)NC(CN)CC(C)C)c2ccccc12. The van der Waals surface area contributed by atoms with Crippen LogP contribution in [-0.4, -0.2) is 26.9 Å². The molecule has 0 aliphatic rings. The Balaban J connectivity index is 2.48. The number of hydrogen-bond acceptors (Lipinski definition) is 4. The van der Waals surface area contributed by atoms with Gasteiger partial charge in [-0.15, -0.1) is 0 Å². The van der Waals surface area contributed by atoms with Gasteiger partial charge in [-0.1, -0.05) is 38.1 Å². The fourth-order valence-corrected chi connectivity index (χ4v) is 4.32. The molecule has 25 heavy (non-hydrogen) atoms. The minimum Gasteiger partial charge on any atom is -0.329 e. The molecule has 0 radical (unpaired) electrons. The highest BCUT2D eigenvalue weighted by Crippen LogP contribution is 2.29. The van der Waals surface area contributed by atoms with Crippen molar-refractivity contribution in [2.75, 3.05) is 11.9 Å². The van der Waals surface area contributed by atoms with Crippen LogP contribution in [0.5, 0.6) is 0 Å².